The van der Waals surface area contributed by atoms with Gasteiger partial charge in [0.2, 0.25) is 0 Å². The third-order valence-electron chi connectivity index (χ3n) is 5.30. The Morgan fingerprint density at radius 3 is 2.66 bits per heavy atom. The lowest BCUT2D eigenvalue weighted by Gasteiger charge is -2.30. The van der Waals surface area contributed by atoms with Crippen LogP contribution in [0.3, 0.4) is 0 Å². The lowest BCUT2D eigenvalue weighted by molar-refractivity contribution is 0.0222. The Hall–Kier alpha value is -2.90. The van der Waals surface area contributed by atoms with Crippen LogP contribution in [-0.2, 0) is 23.2 Å². The summed E-state index contributed by atoms with van der Waals surface area (Å²) < 4.78 is 5.47. The van der Waals surface area contributed by atoms with E-state index >= 15 is 0 Å². The molecule has 8 nitrogen and oxygen atoms in total. The molecule has 29 heavy (non-hydrogen) atoms. The third-order valence-corrected chi connectivity index (χ3v) is 5.30. The predicted molar refractivity (Wildman–Crippen MR) is 106 cm³/mol. The van der Waals surface area contributed by atoms with Gasteiger partial charge in [-0.1, -0.05) is 6.07 Å². The van der Waals surface area contributed by atoms with Gasteiger partial charge in [0.15, 0.2) is 5.69 Å². The molecule has 0 spiro atoms. The van der Waals surface area contributed by atoms with Gasteiger partial charge in [-0.05, 0) is 52.2 Å². The van der Waals surface area contributed by atoms with Crippen molar-refractivity contribution < 1.29 is 14.3 Å². The number of nitrogens with zero attached hydrogens (tertiary/aromatic N) is 3. The van der Waals surface area contributed by atoms with Gasteiger partial charge in [0, 0.05) is 30.4 Å². The molecule has 2 aliphatic rings. The van der Waals surface area contributed by atoms with Crippen LogP contribution in [0.2, 0.25) is 0 Å². The number of hydrogen-bond donors (Lipinski definition) is 2. The fourth-order valence-corrected chi connectivity index (χ4v) is 3.56. The zero-order valence-electron chi connectivity index (χ0n) is 17.3. The highest BCUT2D eigenvalue weighted by Gasteiger charge is 2.47. The second-order valence-corrected chi connectivity index (χ2v) is 8.94. The maximum absolute atomic E-state index is 13.0. The Kier molecular flexibility index (Phi) is 4.59. The van der Waals surface area contributed by atoms with Crippen LogP contribution in [0.1, 0.15) is 66.6 Å². The van der Waals surface area contributed by atoms with E-state index in [-0.39, 0.29) is 12.0 Å². The molecule has 4 rings (SSSR count). The molecule has 0 atom stereocenters. The van der Waals surface area contributed by atoms with Crippen molar-refractivity contribution in [3.63, 3.8) is 0 Å². The van der Waals surface area contributed by atoms with Gasteiger partial charge in [0.05, 0.1) is 17.8 Å². The van der Waals surface area contributed by atoms with E-state index in [0.29, 0.717) is 25.2 Å². The Labute approximate surface area is 170 Å². The van der Waals surface area contributed by atoms with Crippen LogP contribution in [0.5, 0.6) is 0 Å². The molecular formula is C21H27N5O3. The summed E-state index contributed by atoms with van der Waals surface area (Å²) in [6.45, 7) is 8.34. The molecule has 8 heteroatoms. The van der Waals surface area contributed by atoms with Crippen LogP contribution in [-0.4, -0.2) is 44.2 Å². The first kappa shape index (κ1) is 19.4. The number of carbonyl (C=O) groups is 2. The molecule has 0 aromatic carbocycles. The van der Waals surface area contributed by atoms with Crippen LogP contribution in [0, 0.1) is 6.92 Å². The van der Waals surface area contributed by atoms with E-state index < -0.39 is 11.1 Å². The minimum absolute atomic E-state index is 0.242. The number of H-pyrrole nitrogens is 1. The van der Waals surface area contributed by atoms with Crippen LogP contribution >= 0.6 is 0 Å². The van der Waals surface area contributed by atoms with Crippen molar-refractivity contribution in [3.05, 3.63) is 46.5 Å². The van der Waals surface area contributed by atoms with Gasteiger partial charge in [-0.25, -0.2) is 4.79 Å². The van der Waals surface area contributed by atoms with Crippen molar-refractivity contribution in [1.29, 1.82) is 0 Å². The molecule has 0 bridgehead atoms. The van der Waals surface area contributed by atoms with Gasteiger partial charge in [-0.15, -0.1) is 0 Å². The number of rotatable bonds is 3. The lowest BCUT2D eigenvalue weighted by Crippen LogP contribution is -2.41. The highest BCUT2D eigenvalue weighted by Crippen LogP contribution is 2.44. The number of hydrogen-bond acceptors (Lipinski definition) is 5. The summed E-state index contributed by atoms with van der Waals surface area (Å²) in [5, 5.41) is 10.3. The van der Waals surface area contributed by atoms with Crippen LogP contribution < -0.4 is 5.32 Å². The Morgan fingerprint density at radius 1 is 1.28 bits per heavy atom. The summed E-state index contributed by atoms with van der Waals surface area (Å²) in [6, 6.07) is 3.97. The van der Waals surface area contributed by atoms with E-state index in [1.54, 1.807) is 4.90 Å². The van der Waals surface area contributed by atoms with Crippen molar-refractivity contribution in [2.75, 3.05) is 6.54 Å². The standard InChI is InChI=1S/C21H27N5O3/c1-13-5-6-16(22-11-13)21(8-9-21)23-18(27)17-14-12-26(10-7-15(14)24-25-17)19(28)29-20(2,3)4/h5-6,11H,7-10,12H2,1-4H3,(H,23,27)(H,24,25). The molecule has 0 saturated heterocycles. The monoisotopic (exact) mass is 397 g/mol. The first-order valence-corrected chi connectivity index (χ1v) is 9.97. The van der Waals surface area contributed by atoms with Gasteiger partial charge in [0.25, 0.3) is 5.91 Å². The summed E-state index contributed by atoms with van der Waals surface area (Å²) in [5.74, 6) is -0.242. The Balaban J connectivity index is 1.50. The Morgan fingerprint density at radius 2 is 2.03 bits per heavy atom. The second-order valence-electron chi connectivity index (χ2n) is 8.94. The van der Waals surface area contributed by atoms with Gasteiger partial charge < -0.3 is 15.0 Å². The SMILES string of the molecule is Cc1ccc(C2(NC(=O)c3n[nH]c4c3CN(C(=O)OC(C)(C)C)CC4)CC2)nc1. The summed E-state index contributed by atoms with van der Waals surface area (Å²) in [5.41, 5.74) is 2.96. The summed E-state index contributed by atoms with van der Waals surface area (Å²) in [4.78, 5) is 31.6. The van der Waals surface area contributed by atoms with E-state index in [0.717, 1.165) is 35.4 Å². The minimum Gasteiger partial charge on any atom is -0.444 e. The number of nitrogens with one attached hydrogen (secondary N) is 2. The molecule has 1 aliphatic carbocycles. The number of aryl methyl sites for hydroxylation is 1. The number of ether oxygens (including phenoxy) is 1. The average Bonchev–Trinajstić information content (AvgIpc) is 3.29. The fraction of sp³-hybridized carbons (Fsp3) is 0.524. The quantitative estimate of drug-likeness (QED) is 0.830. The summed E-state index contributed by atoms with van der Waals surface area (Å²) >= 11 is 0. The molecule has 0 radical (unpaired) electrons. The molecule has 2 aromatic heterocycles. The topological polar surface area (TPSA) is 100 Å². The van der Waals surface area contributed by atoms with Gasteiger partial charge >= 0.3 is 6.09 Å². The Bertz CT molecular complexity index is 938. The van der Waals surface area contributed by atoms with E-state index in [2.05, 4.69) is 20.5 Å². The molecule has 2 aromatic rings. The van der Waals surface area contributed by atoms with Crippen molar-refractivity contribution in [2.45, 2.75) is 64.6 Å². The van der Waals surface area contributed by atoms with Gasteiger partial charge in [0.1, 0.15) is 5.60 Å². The van der Waals surface area contributed by atoms with Crippen molar-refractivity contribution in [1.82, 2.24) is 25.4 Å². The number of aromatic nitrogens is 3. The van der Waals surface area contributed by atoms with Gasteiger partial charge in [-0.3, -0.25) is 14.9 Å². The third kappa shape index (κ3) is 3.97. The normalized spacial score (nSPS) is 17.4. The molecule has 0 unspecified atom stereocenters. The second kappa shape index (κ2) is 6.86. The van der Waals surface area contributed by atoms with E-state index in [4.69, 9.17) is 4.74 Å². The number of carbonyl (C=O) groups excluding carboxylic acids is 2. The van der Waals surface area contributed by atoms with Gasteiger partial charge in [-0.2, -0.15) is 5.10 Å². The zero-order chi connectivity index (χ0) is 20.8. The number of fused-ring (bicyclic) bond motifs is 1. The number of aromatic amines is 1. The molecular weight excluding hydrogens is 370 g/mol. The number of amides is 2. The largest absolute Gasteiger partial charge is 0.444 e. The molecule has 1 aliphatic heterocycles. The smallest absolute Gasteiger partial charge is 0.410 e. The van der Waals surface area contributed by atoms with Crippen LogP contribution in [0.15, 0.2) is 18.3 Å². The summed E-state index contributed by atoms with van der Waals surface area (Å²) in [6.07, 6.45) is 3.76. The maximum atomic E-state index is 13.0. The zero-order valence-corrected chi connectivity index (χ0v) is 17.3. The summed E-state index contributed by atoms with van der Waals surface area (Å²) in [7, 11) is 0. The predicted octanol–water partition coefficient (Wildman–Crippen LogP) is 2.83. The van der Waals surface area contributed by atoms with Crippen LogP contribution in [0.4, 0.5) is 4.79 Å². The van der Waals surface area contributed by atoms with Crippen molar-refractivity contribution >= 4 is 12.0 Å². The maximum Gasteiger partial charge on any atom is 0.410 e. The molecule has 3 heterocycles. The first-order chi connectivity index (χ1) is 13.7. The molecule has 154 valence electrons. The van der Waals surface area contributed by atoms with E-state index in [9.17, 15) is 9.59 Å². The van der Waals surface area contributed by atoms with E-state index in [1.807, 2.05) is 46.0 Å². The van der Waals surface area contributed by atoms with Crippen LogP contribution in [0.25, 0.3) is 0 Å². The lowest BCUT2D eigenvalue weighted by atomic mass is 10.0. The molecule has 1 fully saturated rings. The average molecular weight is 397 g/mol. The van der Waals surface area contributed by atoms with E-state index in [1.165, 1.54) is 0 Å². The highest BCUT2D eigenvalue weighted by molar-refractivity contribution is 5.95. The minimum atomic E-state index is -0.562. The first-order valence-electron chi connectivity index (χ1n) is 9.97. The van der Waals surface area contributed by atoms with Crippen molar-refractivity contribution in [2.24, 2.45) is 0 Å². The number of pyridine rings is 1. The molecule has 2 amide bonds. The molecule has 1 saturated carbocycles. The van der Waals surface area contributed by atoms with Crippen molar-refractivity contribution in [3.8, 4) is 0 Å². The molecule has 2 N–H and O–H groups in total. The fourth-order valence-electron chi connectivity index (χ4n) is 3.56. The highest BCUT2D eigenvalue weighted by atomic mass is 16.6.